The van der Waals surface area contributed by atoms with Gasteiger partial charge in [-0.2, -0.15) is 0 Å². The van der Waals surface area contributed by atoms with Crippen LogP contribution in [0.25, 0.3) is 0 Å². The second-order valence-corrected chi connectivity index (χ2v) is 5.35. The summed E-state index contributed by atoms with van der Waals surface area (Å²) in [6.07, 6.45) is -3.55. The zero-order chi connectivity index (χ0) is 16.9. The molecule has 1 rings (SSSR count). The van der Waals surface area contributed by atoms with E-state index in [-0.39, 0.29) is 17.0 Å². The Kier molecular flexibility index (Phi) is 5.67. The van der Waals surface area contributed by atoms with Crippen LogP contribution >= 0.6 is 0 Å². The highest BCUT2D eigenvalue weighted by Crippen LogP contribution is 2.27. The molecule has 0 spiro atoms. The predicted molar refractivity (Wildman–Crippen MR) is 74.8 cm³/mol. The van der Waals surface area contributed by atoms with Gasteiger partial charge in [0.2, 0.25) is 0 Å². The van der Waals surface area contributed by atoms with Gasteiger partial charge >= 0.3 is 12.1 Å². The Hall–Kier alpha value is -2.38. The van der Waals surface area contributed by atoms with Crippen LogP contribution < -0.4 is 10.1 Å². The van der Waals surface area contributed by atoms with Gasteiger partial charge in [-0.15, -0.1) is 0 Å². The summed E-state index contributed by atoms with van der Waals surface area (Å²) in [6.45, 7) is 4.06. The van der Waals surface area contributed by atoms with E-state index in [0.29, 0.717) is 0 Å². The summed E-state index contributed by atoms with van der Waals surface area (Å²) in [5.41, 5.74) is -0.955. The van der Waals surface area contributed by atoms with Gasteiger partial charge in [-0.1, -0.05) is 0 Å². The number of carbonyl (C=O) groups excluding carboxylic acids is 1. The number of hydrogen-bond acceptors (Lipinski definition) is 4. The SMILES string of the molecule is CC(C)(C)OC(=O)Nc1cc(C(=O)O)ccc1OCC(F)F. The predicted octanol–water partition coefficient (Wildman–Crippen LogP) is 3.38. The van der Waals surface area contributed by atoms with Crippen LogP contribution in [0.4, 0.5) is 19.3 Å². The number of alkyl halides is 2. The van der Waals surface area contributed by atoms with E-state index in [1.807, 2.05) is 0 Å². The van der Waals surface area contributed by atoms with Gasteiger partial charge in [0.25, 0.3) is 6.43 Å². The maximum atomic E-state index is 12.2. The lowest BCUT2D eigenvalue weighted by molar-refractivity contribution is 0.0630. The lowest BCUT2D eigenvalue weighted by atomic mass is 10.2. The average molecular weight is 317 g/mol. The monoisotopic (exact) mass is 317 g/mol. The molecule has 0 saturated heterocycles. The molecule has 0 aliphatic carbocycles. The summed E-state index contributed by atoms with van der Waals surface area (Å²) in [4.78, 5) is 22.7. The minimum Gasteiger partial charge on any atom is -0.485 e. The second kappa shape index (κ2) is 7.06. The number of benzene rings is 1. The highest BCUT2D eigenvalue weighted by Gasteiger charge is 2.19. The number of nitrogens with one attached hydrogen (secondary N) is 1. The third-order valence-corrected chi connectivity index (χ3v) is 2.23. The largest absolute Gasteiger partial charge is 0.485 e. The van der Waals surface area contributed by atoms with Crippen molar-refractivity contribution in [3.05, 3.63) is 23.8 Å². The van der Waals surface area contributed by atoms with Crippen LogP contribution in [-0.4, -0.2) is 35.8 Å². The lowest BCUT2D eigenvalue weighted by Gasteiger charge is -2.20. The van der Waals surface area contributed by atoms with Crippen molar-refractivity contribution >= 4 is 17.7 Å². The summed E-state index contributed by atoms with van der Waals surface area (Å²) in [7, 11) is 0. The molecular weight excluding hydrogens is 300 g/mol. The Balaban J connectivity index is 2.98. The number of hydrogen-bond donors (Lipinski definition) is 2. The molecule has 0 aromatic heterocycles. The van der Waals surface area contributed by atoms with E-state index in [2.05, 4.69) is 5.32 Å². The molecule has 0 saturated carbocycles. The molecule has 0 heterocycles. The zero-order valence-corrected chi connectivity index (χ0v) is 12.4. The van der Waals surface area contributed by atoms with Crippen molar-refractivity contribution in [3.8, 4) is 5.75 Å². The van der Waals surface area contributed by atoms with Gasteiger partial charge in [-0.05, 0) is 39.0 Å². The Morgan fingerprint density at radius 1 is 1.32 bits per heavy atom. The molecule has 1 amide bonds. The molecule has 0 unspecified atom stereocenters. The highest BCUT2D eigenvalue weighted by atomic mass is 19.3. The third-order valence-electron chi connectivity index (χ3n) is 2.23. The fourth-order valence-electron chi connectivity index (χ4n) is 1.45. The first-order valence-electron chi connectivity index (χ1n) is 6.37. The maximum Gasteiger partial charge on any atom is 0.412 e. The van der Waals surface area contributed by atoms with Gasteiger partial charge in [0.05, 0.1) is 11.3 Å². The Bertz CT molecular complexity index is 555. The molecule has 0 bridgehead atoms. The van der Waals surface area contributed by atoms with E-state index in [1.165, 1.54) is 12.1 Å². The number of amides is 1. The van der Waals surface area contributed by atoms with Crippen LogP contribution in [0, 0.1) is 0 Å². The van der Waals surface area contributed by atoms with E-state index in [9.17, 15) is 18.4 Å². The summed E-state index contributed by atoms with van der Waals surface area (Å²) in [5.74, 6) is -1.30. The summed E-state index contributed by atoms with van der Waals surface area (Å²) in [5, 5.41) is 11.2. The van der Waals surface area contributed by atoms with Gasteiger partial charge in [0.15, 0.2) is 0 Å². The van der Waals surface area contributed by atoms with Gasteiger partial charge in [0.1, 0.15) is 18.0 Å². The number of aromatic carboxylic acids is 1. The number of carboxylic acids is 1. The quantitative estimate of drug-likeness (QED) is 0.869. The number of rotatable bonds is 5. The number of carboxylic acid groups (broad SMARTS) is 1. The molecule has 22 heavy (non-hydrogen) atoms. The fourth-order valence-corrected chi connectivity index (χ4v) is 1.45. The molecule has 1 aromatic rings. The van der Waals surface area contributed by atoms with E-state index < -0.39 is 30.7 Å². The first-order chi connectivity index (χ1) is 10.1. The minimum atomic E-state index is -2.70. The first-order valence-corrected chi connectivity index (χ1v) is 6.37. The summed E-state index contributed by atoms with van der Waals surface area (Å²) in [6, 6.07) is 3.48. The molecule has 0 fully saturated rings. The minimum absolute atomic E-state index is 0.0604. The number of anilines is 1. The Morgan fingerprint density at radius 3 is 2.45 bits per heavy atom. The lowest BCUT2D eigenvalue weighted by Crippen LogP contribution is -2.27. The molecular formula is C14H17F2NO5. The van der Waals surface area contributed by atoms with Crippen LogP contribution in [0.3, 0.4) is 0 Å². The van der Waals surface area contributed by atoms with Crippen LogP contribution in [-0.2, 0) is 4.74 Å². The van der Waals surface area contributed by atoms with Crippen LogP contribution in [0.5, 0.6) is 5.75 Å². The van der Waals surface area contributed by atoms with E-state index in [1.54, 1.807) is 20.8 Å². The number of carbonyl (C=O) groups is 2. The smallest absolute Gasteiger partial charge is 0.412 e. The Labute approximate surface area is 126 Å². The average Bonchev–Trinajstić information content (AvgIpc) is 2.34. The van der Waals surface area contributed by atoms with Crippen LogP contribution in [0.2, 0.25) is 0 Å². The van der Waals surface area contributed by atoms with Crippen molar-refractivity contribution in [2.24, 2.45) is 0 Å². The van der Waals surface area contributed by atoms with Gasteiger partial charge < -0.3 is 14.6 Å². The normalized spacial score (nSPS) is 11.2. The maximum absolute atomic E-state index is 12.2. The second-order valence-electron chi connectivity index (χ2n) is 5.35. The van der Waals surface area contributed by atoms with Crippen molar-refractivity contribution in [3.63, 3.8) is 0 Å². The van der Waals surface area contributed by atoms with Gasteiger partial charge in [-0.3, -0.25) is 5.32 Å². The van der Waals surface area contributed by atoms with Crippen LogP contribution in [0.15, 0.2) is 18.2 Å². The standard InChI is InChI=1S/C14H17F2NO5/c1-14(2,3)22-13(20)17-9-6-8(12(18)19)4-5-10(9)21-7-11(15)16/h4-6,11H,7H2,1-3H3,(H,17,20)(H,18,19). The molecule has 2 N–H and O–H groups in total. The zero-order valence-electron chi connectivity index (χ0n) is 12.4. The van der Waals surface area contributed by atoms with E-state index in [0.717, 1.165) is 6.07 Å². The van der Waals surface area contributed by atoms with Crippen LogP contribution in [0.1, 0.15) is 31.1 Å². The van der Waals surface area contributed by atoms with Crippen molar-refractivity contribution in [1.82, 2.24) is 0 Å². The molecule has 6 nitrogen and oxygen atoms in total. The van der Waals surface area contributed by atoms with Crippen molar-refractivity contribution in [2.75, 3.05) is 11.9 Å². The molecule has 0 radical (unpaired) electrons. The molecule has 0 aliphatic heterocycles. The molecule has 0 atom stereocenters. The van der Waals surface area contributed by atoms with Gasteiger partial charge in [-0.25, -0.2) is 18.4 Å². The molecule has 0 aliphatic rings. The Morgan fingerprint density at radius 2 is 1.95 bits per heavy atom. The topological polar surface area (TPSA) is 84.9 Å². The number of ether oxygens (including phenoxy) is 2. The summed E-state index contributed by atoms with van der Waals surface area (Å²) < 4.78 is 34.3. The third kappa shape index (κ3) is 5.94. The first kappa shape index (κ1) is 17.7. The van der Waals surface area contributed by atoms with E-state index >= 15 is 0 Å². The molecule has 8 heteroatoms. The summed E-state index contributed by atoms with van der Waals surface area (Å²) >= 11 is 0. The van der Waals surface area contributed by atoms with Crippen molar-refractivity contribution in [2.45, 2.75) is 32.8 Å². The number of halogens is 2. The highest BCUT2D eigenvalue weighted by molar-refractivity contribution is 5.93. The van der Waals surface area contributed by atoms with Crippen molar-refractivity contribution in [1.29, 1.82) is 0 Å². The molecule has 122 valence electrons. The van der Waals surface area contributed by atoms with Gasteiger partial charge in [0, 0.05) is 0 Å². The molecule has 1 aromatic carbocycles. The van der Waals surface area contributed by atoms with E-state index in [4.69, 9.17) is 14.6 Å². The fraction of sp³-hybridized carbons (Fsp3) is 0.429. The van der Waals surface area contributed by atoms with Crippen molar-refractivity contribution < 1.29 is 33.0 Å².